The number of ether oxygens (including phenoxy) is 2. The van der Waals surface area contributed by atoms with E-state index in [0.717, 1.165) is 30.6 Å². The number of nitrogens with zero attached hydrogens (tertiary/aromatic N) is 3. The van der Waals surface area contributed by atoms with Crippen LogP contribution in [0.25, 0.3) is 6.08 Å². The van der Waals surface area contributed by atoms with Crippen molar-refractivity contribution in [2.75, 3.05) is 32.1 Å². The molecule has 1 aromatic heterocycles. The fraction of sp³-hybridized carbons (Fsp3) is 0.409. The van der Waals surface area contributed by atoms with Gasteiger partial charge < -0.3 is 19.7 Å². The van der Waals surface area contributed by atoms with Crippen molar-refractivity contribution in [2.45, 2.75) is 32.2 Å². The number of rotatable bonds is 8. The number of methoxy groups -OCH3 is 1. The molecule has 0 radical (unpaired) electrons. The van der Waals surface area contributed by atoms with E-state index >= 15 is 0 Å². The van der Waals surface area contributed by atoms with Crippen molar-refractivity contribution in [3.8, 4) is 11.5 Å². The van der Waals surface area contributed by atoms with Crippen LogP contribution in [0.4, 0.5) is 5.82 Å². The van der Waals surface area contributed by atoms with Gasteiger partial charge >= 0.3 is 0 Å². The Balaban J connectivity index is 1.56. The van der Waals surface area contributed by atoms with E-state index in [-0.39, 0.29) is 11.9 Å². The van der Waals surface area contributed by atoms with Gasteiger partial charge in [-0.25, -0.2) is 0 Å². The first-order valence-corrected chi connectivity index (χ1v) is 10.5. The van der Waals surface area contributed by atoms with Gasteiger partial charge in [0.25, 0.3) is 0 Å². The summed E-state index contributed by atoms with van der Waals surface area (Å²) in [5, 5.41) is 11.8. The van der Waals surface area contributed by atoms with E-state index in [2.05, 4.69) is 15.5 Å². The molecule has 0 saturated carbocycles. The van der Waals surface area contributed by atoms with E-state index in [4.69, 9.17) is 21.1 Å². The molecule has 1 N–H and O–H groups in total. The van der Waals surface area contributed by atoms with Crippen molar-refractivity contribution in [1.29, 1.82) is 0 Å². The third-order valence-corrected chi connectivity index (χ3v) is 5.13. The maximum absolute atomic E-state index is 12.6. The van der Waals surface area contributed by atoms with Crippen LogP contribution in [-0.2, 0) is 4.79 Å². The molecule has 1 saturated heterocycles. The van der Waals surface area contributed by atoms with E-state index in [1.165, 1.54) is 0 Å². The number of halogens is 1. The summed E-state index contributed by atoms with van der Waals surface area (Å²) in [5.74, 6) is 1.83. The second-order valence-electron chi connectivity index (χ2n) is 7.07. The summed E-state index contributed by atoms with van der Waals surface area (Å²) < 4.78 is 11.1. The minimum atomic E-state index is -0.0191. The van der Waals surface area contributed by atoms with Gasteiger partial charge in [-0.15, -0.1) is 5.10 Å². The molecule has 0 aliphatic carbocycles. The highest BCUT2D eigenvalue weighted by atomic mass is 35.5. The molecule has 3 rings (SSSR count). The molecule has 8 heteroatoms. The highest BCUT2D eigenvalue weighted by molar-refractivity contribution is 6.32. The number of carbonyl (C=O) groups is 1. The second kappa shape index (κ2) is 10.8. The van der Waals surface area contributed by atoms with Gasteiger partial charge in [-0.05, 0) is 55.2 Å². The first-order chi connectivity index (χ1) is 14.6. The molecule has 2 heterocycles. The maximum Gasteiger partial charge on any atom is 0.246 e. The highest BCUT2D eigenvalue weighted by Crippen LogP contribution is 2.36. The quantitative estimate of drug-likeness (QED) is 0.637. The summed E-state index contributed by atoms with van der Waals surface area (Å²) in [6.07, 6.45) is 7.57. The standard InChI is InChI=1S/C22H27ClN4O3/c1-3-13-30-22-18(23)14-16(15-19(22)29-2)6-7-21(28)27-11-8-17(9-12-27)25-20-5-4-10-24-26-20/h4-7,10,14-15,17H,3,8-9,11-13H2,1-2H3,(H,25,26). The number of amides is 1. The maximum atomic E-state index is 12.6. The topological polar surface area (TPSA) is 76.6 Å². The Morgan fingerprint density at radius 2 is 2.17 bits per heavy atom. The first-order valence-electron chi connectivity index (χ1n) is 10.1. The third kappa shape index (κ3) is 5.86. The lowest BCUT2D eigenvalue weighted by Crippen LogP contribution is -2.41. The summed E-state index contributed by atoms with van der Waals surface area (Å²) >= 11 is 6.34. The van der Waals surface area contributed by atoms with Gasteiger partial charge in [0.05, 0.1) is 18.7 Å². The summed E-state index contributed by atoms with van der Waals surface area (Å²) in [6, 6.07) is 7.62. The number of aromatic nitrogens is 2. The molecule has 0 unspecified atom stereocenters. The summed E-state index contributed by atoms with van der Waals surface area (Å²) in [6.45, 7) is 3.97. The fourth-order valence-electron chi connectivity index (χ4n) is 3.28. The number of hydrogen-bond donors (Lipinski definition) is 1. The Morgan fingerprint density at radius 3 is 2.83 bits per heavy atom. The van der Waals surface area contributed by atoms with Crippen LogP contribution >= 0.6 is 11.6 Å². The van der Waals surface area contributed by atoms with Gasteiger partial charge in [0.1, 0.15) is 5.82 Å². The van der Waals surface area contributed by atoms with Crippen LogP contribution in [0.15, 0.2) is 36.5 Å². The van der Waals surface area contributed by atoms with E-state index in [9.17, 15) is 4.79 Å². The minimum Gasteiger partial charge on any atom is -0.493 e. The van der Waals surface area contributed by atoms with Crippen molar-refractivity contribution in [3.05, 3.63) is 47.1 Å². The molecule has 30 heavy (non-hydrogen) atoms. The molecule has 0 spiro atoms. The number of anilines is 1. The highest BCUT2D eigenvalue weighted by Gasteiger charge is 2.21. The van der Waals surface area contributed by atoms with Gasteiger partial charge in [-0.1, -0.05) is 18.5 Å². The van der Waals surface area contributed by atoms with Gasteiger partial charge in [-0.3, -0.25) is 4.79 Å². The largest absolute Gasteiger partial charge is 0.493 e. The molecule has 1 fully saturated rings. The van der Waals surface area contributed by atoms with Crippen LogP contribution in [0.2, 0.25) is 5.02 Å². The average Bonchev–Trinajstić information content (AvgIpc) is 2.77. The average molecular weight is 431 g/mol. The minimum absolute atomic E-state index is 0.0191. The van der Waals surface area contributed by atoms with Crippen LogP contribution in [0.5, 0.6) is 11.5 Å². The van der Waals surface area contributed by atoms with E-state index in [1.54, 1.807) is 31.5 Å². The monoisotopic (exact) mass is 430 g/mol. The Bertz CT molecular complexity index is 868. The predicted molar refractivity (Wildman–Crippen MR) is 118 cm³/mol. The number of hydrogen-bond acceptors (Lipinski definition) is 6. The zero-order chi connectivity index (χ0) is 21.3. The number of likely N-dealkylation sites (tertiary alicyclic amines) is 1. The Morgan fingerprint density at radius 1 is 1.37 bits per heavy atom. The number of benzene rings is 1. The van der Waals surface area contributed by atoms with Crippen LogP contribution < -0.4 is 14.8 Å². The fourth-order valence-corrected chi connectivity index (χ4v) is 3.56. The Kier molecular flexibility index (Phi) is 7.90. The lowest BCUT2D eigenvalue weighted by molar-refractivity contribution is -0.126. The van der Waals surface area contributed by atoms with Crippen LogP contribution in [0.1, 0.15) is 31.7 Å². The first kappa shape index (κ1) is 21.9. The van der Waals surface area contributed by atoms with Gasteiger partial charge in [0, 0.05) is 31.4 Å². The Labute approximate surface area is 182 Å². The number of piperidine rings is 1. The van der Waals surface area contributed by atoms with Gasteiger partial charge in [0.15, 0.2) is 11.5 Å². The lowest BCUT2D eigenvalue weighted by atomic mass is 10.0. The second-order valence-corrected chi connectivity index (χ2v) is 7.48. The van der Waals surface area contributed by atoms with Crippen molar-refractivity contribution < 1.29 is 14.3 Å². The lowest BCUT2D eigenvalue weighted by Gasteiger charge is -2.31. The summed E-state index contributed by atoms with van der Waals surface area (Å²) in [5.41, 5.74) is 0.785. The SMILES string of the molecule is CCCOc1c(Cl)cc(C=CC(=O)N2CCC(Nc3cccnn3)CC2)cc1OC. The third-order valence-electron chi connectivity index (χ3n) is 4.85. The van der Waals surface area contributed by atoms with E-state index < -0.39 is 0 Å². The van der Waals surface area contributed by atoms with Crippen LogP contribution in [0, 0.1) is 0 Å². The summed E-state index contributed by atoms with van der Waals surface area (Å²) in [7, 11) is 1.57. The molecule has 160 valence electrons. The van der Waals surface area contributed by atoms with Crippen LogP contribution in [0.3, 0.4) is 0 Å². The molecule has 0 atom stereocenters. The molecule has 1 aliphatic rings. The molecular formula is C22H27ClN4O3. The predicted octanol–water partition coefficient (Wildman–Crippen LogP) is 4.04. The zero-order valence-corrected chi connectivity index (χ0v) is 18.1. The number of carbonyl (C=O) groups excluding carboxylic acids is 1. The van der Waals surface area contributed by atoms with Crippen molar-refractivity contribution in [2.24, 2.45) is 0 Å². The smallest absolute Gasteiger partial charge is 0.246 e. The van der Waals surface area contributed by atoms with Gasteiger partial charge in [-0.2, -0.15) is 5.10 Å². The molecule has 2 aromatic rings. The van der Waals surface area contributed by atoms with Crippen molar-refractivity contribution >= 4 is 29.4 Å². The molecule has 1 aliphatic heterocycles. The van der Waals surface area contributed by atoms with Crippen molar-refractivity contribution in [1.82, 2.24) is 15.1 Å². The molecule has 7 nitrogen and oxygen atoms in total. The van der Waals surface area contributed by atoms with E-state index in [0.29, 0.717) is 36.2 Å². The summed E-state index contributed by atoms with van der Waals surface area (Å²) in [4.78, 5) is 14.4. The van der Waals surface area contributed by atoms with Crippen molar-refractivity contribution in [3.63, 3.8) is 0 Å². The van der Waals surface area contributed by atoms with E-state index in [1.807, 2.05) is 30.0 Å². The van der Waals surface area contributed by atoms with Gasteiger partial charge in [0.2, 0.25) is 5.91 Å². The van der Waals surface area contributed by atoms with Crippen LogP contribution in [-0.4, -0.2) is 53.9 Å². The molecule has 1 aromatic carbocycles. The molecule has 1 amide bonds. The zero-order valence-electron chi connectivity index (χ0n) is 17.3. The Hall–Kier alpha value is -2.80. The molecule has 0 bridgehead atoms. The normalized spacial score (nSPS) is 14.7. The molecular weight excluding hydrogens is 404 g/mol. The number of nitrogens with one attached hydrogen (secondary N) is 1.